The Bertz CT molecular complexity index is 666. The quantitative estimate of drug-likeness (QED) is 0.854. The molecule has 0 aliphatic carbocycles. The van der Waals surface area contributed by atoms with Gasteiger partial charge in [0.05, 0.1) is 0 Å². The molecule has 0 spiro atoms. The highest BCUT2D eigenvalue weighted by molar-refractivity contribution is 5.76. The SMILES string of the molecule is Nc1ccccc1CCC(=O)N1CCN(Cc2ccncc2)CC1. The number of nitrogen functional groups attached to an aromatic ring is 1. The van der Waals surface area contributed by atoms with E-state index in [2.05, 4.69) is 9.88 Å². The number of aryl methyl sites for hydroxylation is 1. The van der Waals surface area contributed by atoms with Crippen LogP contribution in [0.2, 0.25) is 0 Å². The third kappa shape index (κ3) is 4.32. The highest BCUT2D eigenvalue weighted by Crippen LogP contribution is 2.14. The molecule has 0 radical (unpaired) electrons. The van der Waals surface area contributed by atoms with Crippen LogP contribution in [0.5, 0.6) is 0 Å². The van der Waals surface area contributed by atoms with Crippen molar-refractivity contribution < 1.29 is 4.79 Å². The molecule has 1 aromatic heterocycles. The van der Waals surface area contributed by atoms with E-state index in [0.717, 1.165) is 44.0 Å². The molecule has 1 aromatic carbocycles. The third-order valence-electron chi connectivity index (χ3n) is 4.54. The van der Waals surface area contributed by atoms with Crippen molar-refractivity contribution in [1.82, 2.24) is 14.8 Å². The van der Waals surface area contributed by atoms with Gasteiger partial charge in [-0.05, 0) is 35.7 Å². The number of nitrogens with zero attached hydrogens (tertiary/aromatic N) is 3. The summed E-state index contributed by atoms with van der Waals surface area (Å²) in [6.45, 7) is 4.36. The topological polar surface area (TPSA) is 62.5 Å². The van der Waals surface area contributed by atoms with Crippen LogP contribution in [-0.4, -0.2) is 46.9 Å². The number of pyridine rings is 1. The molecule has 1 fully saturated rings. The van der Waals surface area contributed by atoms with E-state index in [1.165, 1.54) is 5.56 Å². The summed E-state index contributed by atoms with van der Waals surface area (Å²) in [5.74, 6) is 0.224. The standard InChI is InChI=1S/C19H24N4O/c20-18-4-2-1-3-17(18)5-6-19(24)23-13-11-22(12-14-23)15-16-7-9-21-10-8-16/h1-4,7-10H,5-6,11-15,20H2. The number of piperazine rings is 1. The Balaban J connectivity index is 1.44. The predicted molar refractivity (Wildman–Crippen MR) is 95.3 cm³/mol. The summed E-state index contributed by atoms with van der Waals surface area (Å²) >= 11 is 0. The van der Waals surface area contributed by atoms with Crippen LogP contribution in [0.3, 0.4) is 0 Å². The average molecular weight is 324 g/mol. The fraction of sp³-hybridized carbons (Fsp3) is 0.368. The maximum absolute atomic E-state index is 12.4. The molecule has 1 saturated heterocycles. The Kier molecular flexibility index (Phi) is 5.43. The van der Waals surface area contributed by atoms with Gasteiger partial charge >= 0.3 is 0 Å². The first-order valence-corrected chi connectivity index (χ1v) is 8.45. The smallest absolute Gasteiger partial charge is 0.222 e. The van der Waals surface area contributed by atoms with E-state index in [0.29, 0.717) is 12.8 Å². The van der Waals surface area contributed by atoms with E-state index >= 15 is 0 Å². The molecule has 1 amide bonds. The minimum atomic E-state index is 0.224. The first-order chi connectivity index (χ1) is 11.7. The van der Waals surface area contributed by atoms with Crippen LogP contribution in [0.15, 0.2) is 48.8 Å². The number of rotatable bonds is 5. The van der Waals surface area contributed by atoms with Crippen molar-refractivity contribution in [3.63, 3.8) is 0 Å². The van der Waals surface area contributed by atoms with Crippen molar-refractivity contribution in [3.05, 3.63) is 59.9 Å². The summed E-state index contributed by atoms with van der Waals surface area (Å²) in [7, 11) is 0. The predicted octanol–water partition coefficient (Wildman–Crippen LogP) is 1.94. The lowest BCUT2D eigenvalue weighted by Gasteiger charge is -2.34. The number of nitrogens with two attached hydrogens (primary N) is 1. The van der Waals surface area contributed by atoms with Crippen molar-refractivity contribution in [2.75, 3.05) is 31.9 Å². The molecule has 5 nitrogen and oxygen atoms in total. The van der Waals surface area contributed by atoms with Gasteiger partial charge in [-0.1, -0.05) is 18.2 Å². The third-order valence-corrected chi connectivity index (χ3v) is 4.54. The molecule has 2 aromatic rings. The van der Waals surface area contributed by atoms with Crippen molar-refractivity contribution in [1.29, 1.82) is 0 Å². The second-order valence-corrected chi connectivity index (χ2v) is 6.21. The molecule has 24 heavy (non-hydrogen) atoms. The largest absolute Gasteiger partial charge is 0.399 e. The minimum Gasteiger partial charge on any atom is -0.399 e. The number of aromatic nitrogens is 1. The zero-order chi connectivity index (χ0) is 16.8. The molecule has 1 aliphatic rings. The van der Waals surface area contributed by atoms with Gasteiger partial charge in [-0.2, -0.15) is 0 Å². The Morgan fingerprint density at radius 1 is 1.04 bits per heavy atom. The number of hydrogen-bond donors (Lipinski definition) is 1. The first-order valence-electron chi connectivity index (χ1n) is 8.45. The Morgan fingerprint density at radius 3 is 2.46 bits per heavy atom. The molecule has 0 saturated carbocycles. The van der Waals surface area contributed by atoms with Gasteiger partial charge in [-0.3, -0.25) is 14.7 Å². The summed E-state index contributed by atoms with van der Waals surface area (Å²) < 4.78 is 0. The molecule has 0 unspecified atom stereocenters. The summed E-state index contributed by atoms with van der Waals surface area (Å²) in [6, 6.07) is 11.9. The minimum absolute atomic E-state index is 0.224. The fourth-order valence-corrected chi connectivity index (χ4v) is 3.06. The van der Waals surface area contributed by atoms with Crippen LogP contribution in [0.4, 0.5) is 5.69 Å². The van der Waals surface area contributed by atoms with Crippen LogP contribution < -0.4 is 5.73 Å². The van der Waals surface area contributed by atoms with Crippen molar-refractivity contribution in [3.8, 4) is 0 Å². The molecule has 1 aliphatic heterocycles. The number of anilines is 1. The molecule has 2 heterocycles. The van der Waals surface area contributed by atoms with Crippen molar-refractivity contribution in [2.45, 2.75) is 19.4 Å². The Labute approximate surface area is 143 Å². The number of amides is 1. The monoisotopic (exact) mass is 324 g/mol. The van der Waals surface area contributed by atoms with E-state index < -0.39 is 0 Å². The van der Waals surface area contributed by atoms with Crippen LogP contribution in [0, 0.1) is 0 Å². The molecule has 5 heteroatoms. The van der Waals surface area contributed by atoms with E-state index in [9.17, 15) is 4.79 Å². The molecular weight excluding hydrogens is 300 g/mol. The van der Waals surface area contributed by atoms with E-state index in [-0.39, 0.29) is 5.91 Å². The van der Waals surface area contributed by atoms with Gasteiger partial charge in [0, 0.05) is 57.2 Å². The van der Waals surface area contributed by atoms with Crippen LogP contribution in [-0.2, 0) is 17.8 Å². The summed E-state index contributed by atoms with van der Waals surface area (Å²) in [4.78, 5) is 20.8. The van der Waals surface area contributed by atoms with Crippen LogP contribution in [0.25, 0.3) is 0 Å². The molecule has 2 N–H and O–H groups in total. The lowest BCUT2D eigenvalue weighted by Crippen LogP contribution is -2.48. The second kappa shape index (κ2) is 7.93. The second-order valence-electron chi connectivity index (χ2n) is 6.21. The van der Waals surface area contributed by atoms with Gasteiger partial charge in [0.25, 0.3) is 0 Å². The molecule has 0 bridgehead atoms. The lowest BCUT2D eigenvalue weighted by molar-refractivity contribution is -0.132. The van der Waals surface area contributed by atoms with Gasteiger partial charge < -0.3 is 10.6 Å². The first kappa shape index (κ1) is 16.5. The normalized spacial score (nSPS) is 15.4. The molecule has 126 valence electrons. The summed E-state index contributed by atoms with van der Waals surface area (Å²) in [6.07, 6.45) is 4.89. The van der Waals surface area contributed by atoms with E-state index in [1.807, 2.05) is 53.7 Å². The van der Waals surface area contributed by atoms with Crippen LogP contribution >= 0.6 is 0 Å². The number of carbonyl (C=O) groups is 1. The zero-order valence-corrected chi connectivity index (χ0v) is 13.9. The van der Waals surface area contributed by atoms with E-state index in [4.69, 9.17) is 5.73 Å². The zero-order valence-electron chi connectivity index (χ0n) is 13.9. The highest BCUT2D eigenvalue weighted by Gasteiger charge is 2.20. The van der Waals surface area contributed by atoms with Crippen LogP contribution in [0.1, 0.15) is 17.5 Å². The maximum atomic E-state index is 12.4. The molecule has 0 atom stereocenters. The number of carbonyl (C=O) groups excluding carboxylic acids is 1. The number of benzene rings is 1. The van der Waals surface area contributed by atoms with Gasteiger partial charge in [-0.25, -0.2) is 0 Å². The fourth-order valence-electron chi connectivity index (χ4n) is 3.06. The highest BCUT2D eigenvalue weighted by atomic mass is 16.2. The summed E-state index contributed by atoms with van der Waals surface area (Å²) in [5.41, 5.74) is 9.04. The van der Waals surface area contributed by atoms with E-state index in [1.54, 1.807) is 0 Å². The number of para-hydroxylation sites is 1. The Hall–Kier alpha value is -2.40. The average Bonchev–Trinajstić information content (AvgIpc) is 2.62. The molecule has 3 rings (SSSR count). The summed E-state index contributed by atoms with van der Waals surface area (Å²) in [5, 5.41) is 0. The van der Waals surface area contributed by atoms with Gasteiger partial charge in [0.1, 0.15) is 0 Å². The van der Waals surface area contributed by atoms with Crippen molar-refractivity contribution >= 4 is 11.6 Å². The number of hydrogen-bond acceptors (Lipinski definition) is 4. The van der Waals surface area contributed by atoms with Crippen molar-refractivity contribution in [2.24, 2.45) is 0 Å². The van der Waals surface area contributed by atoms with Gasteiger partial charge in [0.15, 0.2) is 0 Å². The van der Waals surface area contributed by atoms with Gasteiger partial charge in [0.2, 0.25) is 5.91 Å². The van der Waals surface area contributed by atoms with Gasteiger partial charge in [-0.15, -0.1) is 0 Å². The maximum Gasteiger partial charge on any atom is 0.222 e. The molecular formula is C19H24N4O. The lowest BCUT2D eigenvalue weighted by atomic mass is 10.1. The Morgan fingerprint density at radius 2 is 1.75 bits per heavy atom.